The van der Waals surface area contributed by atoms with Crippen molar-refractivity contribution in [3.8, 4) is 0 Å². The van der Waals surface area contributed by atoms with Gasteiger partial charge >= 0.3 is 0 Å². The third kappa shape index (κ3) is 3.74. The van der Waals surface area contributed by atoms with Crippen LogP contribution in [0.15, 0.2) is 0 Å². The van der Waals surface area contributed by atoms with Crippen LogP contribution in [0, 0.1) is 5.92 Å². The van der Waals surface area contributed by atoms with E-state index in [0.29, 0.717) is 11.0 Å². The summed E-state index contributed by atoms with van der Waals surface area (Å²) in [5, 5.41) is 15.8. The van der Waals surface area contributed by atoms with Gasteiger partial charge in [0, 0.05) is 6.42 Å². The van der Waals surface area contributed by atoms with Crippen molar-refractivity contribution in [1.29, 1.82) is 0 Å². The van der Waals surface area contributed by atoms with Crippen molar-refractivity contribution >= 4 is 22.4 Å². The zero-order chi connectivity index (χ0) is 13.0. The van der Waals surface area contributed by atoms with Crippen molar-refractivity contribution in [3.05, 3.63) is 5.01 Å². The molecule has 100 valence electrons. The number of nitrogens with zero attached hydrogens (tertiary/aromatic N) is 2. The highest BCUT2D eigenvalue weighted by atomic mass is 32.1. The number of anilines is 1. The molecule has 2 rings (SSSR count). The second-order valence-corrected chi connectivity index (χ2v) is 6.15. The molecule has 0 saturated carbocycles. The van der Waals surface area contributed by atoms with Crippen LogP contribution in [0.4, 0.5) is 5.13 Å². The largest absolute Gasteiger partial charge is 0.306 e. The number of amides is 1. The Kier molecular flexibility index (Phi) is 4.66. The fourth-order valence-electron chi connectivity index (χ4n) is 2.00. The highest BCUT2D eigenvalue weighted by Crippen LogP contribution is 2.19. The van der Waals surface area contributed by atoms with Crippen molar-refractivity contribution in [3.63, 3.8) is 0 Å². The van der Waals surface area contributed by atoms with Crippen LogP contribution in [0.5, 0.6) is 0 Å². The molecular formula is C12H20N4OS. The average molecular weight is 268 g/mol. The van der Waals surface area contributed by atoms with Crippen LogP contribution in [-0.2, 0) is 11.2 Å². The van der Waals surface area contributed by atoms with Gasteiger partial charge in [-0.05, 0) is 25.3 Å². The molecule has 2 N–H and O–H groups in total. The van der Waals surface area contributed by atoms with E-state index in [1.165, 1.54) is 11.3 Å². The molecule has 0 radical (unpaired) electrons. The van der Waals surface area contributed by atoms with Gasteiger partial charge in [0.25, 0.3) is 0 Å². The van der Waals surface area contributed by atoms with E-state index in [2.05, 4.69) is 34.7 Å². The first-order valence-electron chi connectivity index (χ1n) is 6.52. The van der Waals surface area contributed by atoms with Gasteiger partial charge < -0.3 is 5.32 Å². The van der Waals surface area contributed by atoms with Crippen LogP contribution in [0.25, 0.3) is 0 Å². The Morgan fingerprint density at radius 2 is 2.33 bits per heavy atom. The standard InChI is InChI=1S/C12H20N4OS/c1-8(2)7-10-15-16-12(18-10)14-11(17)9-5-3-4-6-13-9/h8-9,13H,3-7H2,1-2H3,(H,14,16,17). The molecule has 18 heavy (non-hydrogen) atoms. The maximum Gasteiger partial charge on any atom is 0.243 e. The Morgan fingerprint density at radius 3 is 3.00 bits per heavy atom. The molecule has 5 nitrogen and oxygen atoms in total. The van der Waals surface area contributed by atoms with Crippen LogP contribution >= 0.6 is 11.3 Å². The van der Waals surface area contributed by atoms with Gasteiger partial charge in [0.1, 0.15) is 5.01 Å². The predicted molar refractivity (Wildman–Crippen MR) is 72.7 cm³/mol. The zero-order valence-corrected chi connectivity index (χ0v) is 11.7. The smallest absolute Gasteiger partial charge is 0.243 e. The Morgan fingerprint density at radius 1 is 1.50 bits per heavy atom. The Labute approximate surface area is 111 Å². The molecule has 1 saturated heterocycles. The summed E-state index contributed by atoms with van der Waals surface area (Å²) in [5.41, 5.74) is 0. The van der Waals surface area contributed by atoms with Crippen molar-refractivity contribution in [2.45, 2.75) is 45.6 Å². The van der Waals surface area contributed by atoms with E-state index in [0.717, 1.165) is 37.2 Å². The van der Waals surface area contributed by atoms with Crippen LogP contribution in [0.2, 0.25) is 0 Å². The van der Waals surface area contributed by atoms with Crippen LogP contribution in [0.1, 0.15) is 38.1 Å². The van der Waals surface area contributed by atoms with Crippen molar-refractivity contribution in [1.82, 2.24) is 15.5 Å². The molecule has 0 spiro atoms. The van der Waals surface area contributed by atoms with Gasteiger partial charge in [0.05, 0.1) is 6.04 Å². The molecule has 1 atom stereocenters. The average Bonchev–Trinajstić information content (AvgIpc) is 2.76. The van der Waals surface area contributed by atoms with E-state index in [1.54, 1.807) is 0 Å². The Hall–Kier alpha value is -1.01. The predicted octanol–water partition coefficient (Wildman–Crippen LogP) is 1.82. The fourth-order valence-corrected chi connectivity index (χ4v) is 2.96. The zero-order valence-electron chi connectivity index (χ0n) is 10.9. The van der Waals surface area contributed by atoms with Gasteiger partial charge in [-0.15, -0.1) is 10.2 Å². The number of carbonyl (C=O) groups is 1. The fraction of sp³-hybridized carbons (Fsp3) is 0.750. The summed E-state index contributed by atoms with van der Waals surface area (Å²) in [5.74, 6) is 0.573. The molecule has 2 heterocycles. The maximum absolute atomic E-state index is 12.0. The quantitative estimate of drug-likeness (QED) is 0.874. The summed E-state index contributed by atoms with van der Waals surface area (Å²) in [4.78, 5) is 12.0. The lowest BCUT2D eigenvalue weighted by molar-refractivity contribution is -0.118. The monoisotopic (exact) mass is 268 g/mol. The molecular weight excluding hydrogens is 248 g/mol. The molecule has 1 aromatic rings. The summed E-state index contributed by atoms with van der Waals surface area (Å²) < 4.78 is 0. The number of piperidine rings is 1. The second kappa shape index (κ2) is 6.24. The first-order chi connectivity index (χ1) is 8.65. The summed E-state index contributed by atoms with van der Waals surface area (Å²) >= 11 is 1.47. The van der Waals surface area contributed by atoms with E-state index in [4.69, 9.17) is 0 Å². The summed E-state index contributed by atoms with van der Waals surface area (Å²) in [7, 11) is 0. The summed E-state index contributed by atoms with van der Waals surface area (Å²) in [6, 6.07) is -0.0730. The van der Waals surface area contributed by atoms with E-state index < -0.39 is 0 Å². The normalized spacial score (nSPS) is 20.1. The second-order valence-electron chi connectivity index (χ2n) is 5.09. The molecule has 1 unspecified atom stereocenters. The lowest BCUT2D eigenvalue weighted by Crippen LogP contribution is -2.43. The lowest BCUT2D eigenvalue weighted by atomic mass is 10.0. The lowest BCUT2D eigenvalue weighted by Gasteiger charge is -2.21. The number of carbonyl (C=O) groups excluding carboxylic acids is 1. The van der Waals surface area contributed by atoms with Gasteiger partial charge in [-0.3, -0.25) is 10.1 Å². The Balaban J connectivity index is 1.88. The summed E-state index contributed by atoms with van der Waals surface area (Å²) in [6.45, 7) is 5.21. The SMILES string of the molecule is CC(C)Cc1nnc(NC(=O)C2CCCCN2)s1. The van der Waals surface area contributed by atoms with Gasteiger partial charge in [0.2, 0.25) is 11.0 Å². The molecule has 0 bridgehead atoms. The number of nitrogens with one attached hydrogen (secondary N) is 2. The van der Waals surface area contributed by atoms with Crippen molar-refractivity contribution in [2.24, 2.45) is 5.92 Å². The minimum Gasteiger partial charge on any atom is -0.306 e. The maximum atomic E-state index is 12.0. The molecule has 0 aromatic carbocycles. The molecule has 1 aromatic heterocycles. The van der Waals surface area contributed by atoms with Gasteiger partial charge in [0.15, 0.2) is 0 Å². The highest BCUT2D eigenvalue weighted by molar-refractivity contribution is 7.15. The topological polar surface area (TPSA) is 66.9 Å². The molecule has 1 aliphatic rings. The third-order valence-electron chi connectivity index (χ3n) is 2.91. The molecule has 1 aliphatic heterocycles. The van der Waals surface area contributed by atoms with Crippen molar-refractivity contribution in [2.75, 3.05) is 11.9 Å². The molecule has 0 aliphatic carbocycles. The van der Waals surface area contributed by atoms with Gasteiger partial charge in [-0.2, -0.15) is 0 Å². The van der Waals surface area contributed by atoms with Gasteiger partial charge in [-0.1, -0.05) is 31.6 Å². The summed E-state index contributed by atoms with van der Waals surface area (Å²) in [6.07, 6.45) is 4.08. The minimum atomic E-state index is -0.0730. The first kappa shape index (κ1) is 13.4. The third-order valence-corrected chi connectivity index (χ3v) is 3.77. The van der Waals surface area contributed by atoms with E-state index in [9.17, 15) is 4.79 Å². The number of aromatic nitrogens is 2. The van der Waals surface area contributed by atoms with Crippen molar-refractivity contribution < 1.29 is 4.79 Å². The number of hydrogen-bond acceptors (Lipinski definition) is 5. The first-order valence-corrected chi connectivity index (χ1v) is 7.33. The molecule has 1 amide bonds. The van der Waals surface area contributed by atoms with Crippen LogP contribution in [-0.4, -0.2) is 28.7 Å². The van der Waals surface area contributed by atoms with Gasteiger partial charge in [-0.25, -0.2) is 0 Å². The highest BCUT2D eigenvalue weighted by Gasteiger charge is 2.21. The van der Waals surface area contributed by atoms with E-state index in [-0.39, 0.29) is 11.9 Å². The minimum absolute atomic E-state index is 0.0157. The molecule has 1 fully saturated rings. The van der Waals surface area contributed by atoms with Crippen LogP contribution < -0.4 is 10.6 Å². The molecule has 6 heteroatoms. The number of rotatable bonds is 4. The Bertz CT molecular complexity index is 399. The number of hydrogen-bond donors (Lipinski definition) is 2. The van der Waals surface area contributed by atoms with E-state index >= 15 is 0 Å². The van der Waals surface area contributed by atoms with Crippen LogP contribution in [0.3, 0.4) is 0 Å². The van der Waals surface area contributed by atoms with E-state index in [1.807, 2.05) is 0 Å².